The van der Waals surface area contributed by atoms with Gasteiger partial charge >= 0.3 is 0 Å². The molecule has 132 valence electrons. The minimum atomic E-state index is 0.115. The third-order valence-electron chi connectivity index (χ3n) is 4.86. The molecule has 0 aliphatic carbocycles. The van der Waals surface area contributed by atoms with E-state index >= 15 is 0 Å². The maximum Gasteiger partial charge on any atom is 0.223 e. The topological polar surface area (TPSA) is 42.0 Å². The van der Waals surface area contributed by atoms with Gasteiger partial charge in [0.1, 0.15) is 12.4 Å². The molecule has 5 nitrogen and oxygen atoms in total. The van der Waals surface area contributed by atoms with Crippen LogP contribution in [0.5, 0.6) is 5.75 Å². The van der Waals surface area contributed by atoms with Crippen LogP contribution in [0.1, 0.15) is 31.7 Å². The highest BCUT2D eigenvalue weighted by Crippen LogP contribution is 2.25. The van der Waals surface area contributed by atoms with Crippen LogP contribution in [-0.2, 0) is 16.1 Å². The van der Waals surface area contributed by atoms with Gasteiger partial charge in [-0.05, 0) is 32.4 Å². The highest BCUT2D eigenvalue weighted by molar-refractivity contribution is 5.76. The standard InChI is InChI=1S/C19H28N2O3/c1-16-15-24-18-7-3-2-6-17(18)14-21(16)19(22)8-4-5-9-20-10-12-23-13-11-20/h2-3,6-7,16H,4-5,8-15H2,1H3. The number of carbonyl (C=O) groups excluding carboxylic acids is 1. The van der Waals surface area contributed by atoms with E-state index in [4.69, 9.17) is 9.47 Å². The first kappa shape index (κ1) is 17.2. The number of amides is 1. The quantitative estimate of drug-likeness (QED) is 0.776. The lowest BCUT2D eigenvalue weighted by Crippen LogP contribution is -2.40. The van der Waals surface area contributed by atoms with Gasteiger partial charge in [0, 0.05) is 31.6 Å². The van der Waals surface area contributed by atoms with Gasteiger partial charge in [0.2, 0.25) is 5.91 Å². The Morgan fingerprint density at radius 1 is 1.21 bits per heavy atom. The molecule has 0 aromatic heterocycles. The number of morpholine rings is 1. The Balaban J connectivity index is 1.46. The van der Waals surface area contributed by atoms with Crippen LogP contribution >= 0.6 is 0 Å². The van der Waals surface area contributed by atoms with Crippen LogP contribution in [0.2, 0.25) is 0 Å². The first-order chi connectivity index (χ1) is 11.7. The minimum absolute atomic E-state index is 0.115. The first-order valence-corrected chi connectivity index (χ1v) is 9.04. The predicted molar refractivity (Wildman–Crippen MR) is 93.1 cm³/mol. The molecule has 1 unspecified atom stereocenters. The van der Waals surface area contributed by atoms with Gasteiger partial charge < -0.3 is 14.4 Å². The number of nitrogens with zero attached hydrogens (tertiary/aromatic N) is 2. The molecule has 1 aromatic rings. The van der Waals surface area contributed by atoms with Gasteiger partial charge in [0.15, 0.2) is 0 Å². The zero-order valence-electron chi connectivity index (χ0n) is 14.6. The van der Waals surface area contributed by atoms with Crippen LogP contribution in [0.3, 0.4) is 0 Å². The molecule has 24 heavy (non-hydrogen) atoms. The van der Waals surface area contributed by atoms with Crippen molar-refractivity contribution in [2.24, 2.45) is 0 Å². The van der Waals surface area contributed by atoms with Crippen LogP contribution in [0.4, 0.5) is 0 Å². The summed E-state index contributed by atoms with van der Waals surface area (Å²) in [6.45, 7) is 8.07. The number of para-hydroxylation sites is 1. The molecule has 1 fully saturated rings. The fourth-order valence-electron chi connectivity index (χ4n) is 3.33. The van der Waals surface area contributed by atoms with Crippen molar-refractivity contribution in [3.63, 3.8) is 0 Å². The van der Waals surface area contributed by atoms with E-state index in [-0.39, 0.29) is 11.9 Å². The van der Waals surface area contributed by atoms with Crippen molar-refractivity contribution in [3.8, 4) is 5.75 Å². The maximum atomic E-state index is 12.7. The number of hydrogen-bond acceptors (Lipinski definition) is 4. The number of hydrogen-bond donors (Lipinski definition) is 0. The highest BCUT2D eigenvalue weighted by Gasteiger charge is 2.25. The Morgan fingerprint density at radius 2 is 2.00 bits per heavy atom. The molecular formula is C19H28N2O3. The van der Waals surface area contributed by atoms with E-state index in [0.717, 1.165) is 57.0 Å². The number of ether oxygens (including phenoxy) is 2. The van der Waals surface area contributed by atoms with Gasteiger partial charge in [-0.2, -0.15) is 0 Å². The molecule has 0 radical (unpaired) electrons. The van der Waals surface area contributed by atoms with Crippen molar-refractivity contribution in [1.82, 2.24) is 9.80 Å². The summed E-state index contributed by atoms with van der Waals surface area (Å²) in [7, 11) is 0. The van der Waals surface area contributed by atoms with Crippen molar-refractivity contribution in [2.45, 2.75) is 38.8 Å². The average Bonchev–Trinajstić information content (AvgIpc) is 2.79. The lowest BCUT2D eigenvalue weighted by atomic mass is 10.1. The molecular weight excluding hydrogens is 304 g/mol. The van der Waals surface area contributed by atoms with Gasteiger partial charge in [0.25, 0.3) is 0 Å². The molecule has 1 atom stereocenters. The van der Waals surface area contributed by atoms with Crippen molar-refractivity contribution < 1.29 is 14.3 Å². The van der Waals surface area contributed by atoms with Crippen molar-refractivity contribution in [3.05, 3.63) is 29.8 Å². The second-order valence-corrected chi connectivity index (χ2v) is 6.70. The fraction of sp³-hybridized carbons (Fsp3) is 0.632. The van der Waals surface area contributed by atoms with Crippen molar-refractivity contribution in [1.29, 1.82) is 0 Å². The van der Waals surface area contributed by atoms with Gasteiger partial charge in [-0.15, -0.1) is 0 Å². The molecule has 1 aromatic carbocycles. The summed E-state index contributed by atoms with van der Waals surface area (Å²) in [4.78, 5) is 17.1. The lowest BCUT2D eigenvalue weighted by Gasteiger charge is -2.27. The summed E-state index contributed by atoms with van der Waals surface area (Å²) in [5, 5.41) is 0. The zero-order valence-corrected chi connectivity index (χ0v) is 14.6. The molecule has 5 heteroatoms. The van der Waals surface area contributed by atoms with E-state index in [1.165, 1.54) is 0 Å². The molecule has 2 aliphatic rings. The third-order valence-corrected chi connectivity index (χ3v) is 4.86. The van der Waals surface area contributed by atoms with Crippen LogP contribution in [0, 0.1) is 0 Å². The number of carbonyl (C=O) groups is 1. The highest BCUT2D eigenvalue weighted by atomic mass is 16.5. The number of unbranched alkanes of at least 4 members (excludes halogenated alkanes) is 1. The third kappa shape index (κ3) is 4.48. The fourth-order valence-corrected chi connectivity index (χ4v) is 3.33. The Morgan fingerprint density at radius 3 is 2.83 bits per heavy atom. The number of rotatable bonds is 5. The SMILES string of the molecule is CC1COc2ccccc2CN1C(=O)CCCCN1CCOCC1. The summed E-state index contributed by atoms with van der Waals surface area (Å²) in [6.07, 6.45) is 2.64. The van der Waals surface area contributed by atoms with Crippen molar-refractivity contribution in [2.75, 3.05) is 39.5 Å². The van der Waals surface area contributed by atoms with E-state index in [1.807, 2.05) is 29.2 Å². The Labute approximate surface area is 144 Å². The summed E-state index contributed by atoms with van der Waals surface area (Å²) < 4.78 is 11.2. The second kappa shape index (κ2) is 8.49. The normalized spacial score (nSPS) is 21.7. The van der Waals surface area contributed by atoms with Gasteiger partial charge in [-0.1, -0.05) is 18.2 Å². The van der Waals surface area contributed by atoms with E-state index in [2.05, 4.69) is 11.8 Å². The van der Waals surface area contributed by atoms with E-state index in [1.54, 1.807) is 0 Å². The predicted octanol–water partition coefficient (Wildman–Crippen LogP) is 2.30. The number of fused-ring (bicyclic) bond motifs is 1. The van der Waals surface area contributed by atoms with Gasteiger partial charge in [0.05, 0.1) is 19.3 Å². The Bertz CT molecular complexity index is 543. The monoisotopic (exact) mass is 332 g/mol. The average molecular weight is 332 g/mol. The Hall–Kier alpha value is -1.59. The molecule has 3 rings (SSSR count). The summed E-state index contributed by atoms with van der Waals surface area (Å²) in [5.41, 5.74) is 1.10. The van der Waals surface area contributed by atoms with Crippen LogP contribution in [0.15, 0.2) is 24.3 Å². The smallest absolute Gasteiger partial charge is 0.223 e. The van der Waals surface area contributed by atoms with Gasteiger partial charge in [-0.25, -0.2) is 0 Å². The van der Waals surface area contributed by atoms with E-state index in [0.29, 0.717) is 19.6 Å². The molecule has 2 aliphatic heterocycles. The second-order valence-electron chi connectivity index (χ2n) is 6.70. The van der Waals surface area contributed by atoms with Crippen LogP contribution in [-0.4, -0.2) is 61.2 Å². The van der Waals surface area contributed by atoms with Crippen molar-refractivity contribution >= 4 is 5.91 Å². The largest absolute Gasteiger partial charge is 0.491 e. The molecule has 1 saturated heterocycles. The molecule has 0 N–H and O–H groups in total. The first-order valence-electron chi connectivity index (χ1n) is 9.04. The molecule has 0 saturated carbocycles. The van der Waals surface area contributed by atoms with E-state index < -0.39 is 0 Å². The van der Waals surface area contributed by atoms with E-state index in [9.17, 15) is 4.79 Å². The summed E-state index contributed by atoms with van der Waals surface area (Å²) in [5.74, 6) is 1.15. The summed E-state index contributed by atoms with van der Waals surface area (Å²) >= 11 is 0. The summed E-state index contributed by atoms with van der Waals surface area (Å²) in [6, 6.07) is 8.13. The van der Waals surface area contributed by atoms with Crippen LogP contribution in [0.25, 0.3) is 0 Å². The molecule has 0 bridgehead atoms. The van der Waals surface area contributed by atoms with Gasteiger partial charge in [-0.3, -0.25) is 9.69 Å². The zero-order chi connectivity index (χ0) is 16.8. The van der Waals surface area contributed by atoms with Crippen LogP contribution < -0.4 is 4.74 Å². The minimum Gasteiger partial charge on any atom is -0.491 e. The lowest BCUT2D eigenvalue weighted by molar-refractivity contribution is -0.134. The molecule has 1 amide bonds. The Kier molecular flexibility index (Phi) is 6.10. The molecule has 0 spiro atoms. The number of benzene rings is 1. The molecule has 2 heterocycles. The maximum absolute atomic E-state index is 12.7.